The molecule has 0 bridgehead atoms. The molecule has 0 radical (unpaired) electrons. The van der Waals surface area contributed by atoms with Crippen molar-refractivity contribution in [1.82, 2.24) is 0 Å². The van der Waals surface area contributed by atoms with Gasteiger partial charge in [-0.3, -0.25) is 4.79 Å². The van der Waals surface area contributed by atoms with Gasteiger partial charge >= 0.3 is 0 Å². The Morgan fingerprint density at radius 1 is 1.00 bits per heavy atom. The van der Waals surface area contributed by atoms with E-state index in [2.05, 4.69) is 5.32 Å². The Balaban J connectivity index is 2.05. The number of hydrogen-bond donors (Lipinski definition) is 2. The van der Waals surface area contributed by atoms with Gasteiger partial charge in [-0.25, -0.2) is 0 Å². The van der Waals surface area contributed by atoms with Crippen molar-refractivity contribution in [2.45, 2.75) is 0 Å². The molecule has 1 amide bonds. The largest absolute Gasteiger partial charge is 0.507 e. The van der Waals surface area contributed by atoms with Crippen LogP contribution in [0.25, 0.3) is 10.8 Å². The van der Waals surface area contributed by atoms with Crippen LogP contribution in [0.5, 0.6) is 5.75 Å². The summed E-state index contributed by atoms with van der Waals surface area (Å²) in [7, 11) is 0. The van der Waals surface area contributed by atoms with Gasteiger partial charge in [0.05, 0.1) is 5.02 Å². The molecule has 4 heteroatoms. The maximum Gasteiger partial charge on any atom is 0.260 e. The van der Waals surface area contributed by atoms with Crippen molar-refractivity contribution in [3.63, 3.8) is 0 Å². The molecule has 0 aliphatic rings. The molecule has 3 aromatic rings. The zero-order chi connectivity index (χ0) is 14.8. The van der Waals surface area contributed by atoms with Crippen LogP contribution >= 0.6 is 11.6 Å². The molecule has 0 saturated carbocycles. The third kappa shape index (κ3) is 2.56. The molecule has 3 nitrogen and oxygen atoms in total. The smallest absolute Gasteiger partial charge is 0.260 e. The number of carbonyl (C=O) groups is 1. The lowest BCUT2D eigenvalue weighted by atomic mass is 10.0. The zero-order valence-electron chi connectivity index (χ0n) is 11.0. The van der Waals surface area contributed by atoms with Gasteiger partial charge in [0.15, 0.2) is 0 Å². The molecule has 0 fully saturated rings. The average Bonchev–Trinajstić information content (AvgIpc) is 2.48. The lowest BCUT2D eigenvalue weighted by molar-refractivity contribution is 0.102. The summed E-state index contributed by atoms with van der Waals surface area (Å²) in [6.07, 6.45) is 0. The normalized spacial score (nSPS) is 10.5. The number of nitrogens with one attached hydrogen (secondary N) is 1. The van der Waals surface area contributed by atoms with Crippen LogP contribution in [0.3, 0.4) is 0 Å². The summed E-state index contributed by atoms with van der Waals surface area (Å²) in [5, 5.41) is 14.6. The molecule has 0 aromatic heterocycles. The van der Waals surface area contributed by atoms with Crippen LogP contribution in [-0.2, 0) is 0 Å². The average molecular weight is 298 g/mol. The Bertz CT molecular complexity index is 816. The van der Waals surface area contributed by atoms with Crippen LogP contribution in [-0.4, -0.2) is 11.0 Å². The van der Waals surface area contributed by atoms with Gasteiger partial charge in [0.25, 0.3) is 5.91 Å². The number of rotatable bonds is 2. The maximum atomic E-state index is 12.3. The number of benzene rings is 3. The monoisotopic (exact) mass is 297 g/mol. The van der Waals surface area contributed by atoms with E-state index in [-0.39, 0.29) is 16.3 Å². The predicted molar refractivity (Wildman–Crippen MR) is 85.0 cm³/mol. The fraction of sp³-hybridized carbons (Fsp3) is 0. The number of phenolic OH excluding ortho intramolecular Hbond substituents is 1. The van der Waals surface area contributed by atoms with E-state index in [1.165, 1.54) is 0 Å². The molecule has 21 heavy (non-hydrogen) atoms. The molecular weight excluding hydrogens is 286 g/mol. The van der Waals surface area contributed by atoms with Crippen LogP contribution in [0.15, 0.2) is 60.7 Å². The summed E-state index contributed by atoms with van der Waals surface area (Å²) in [5.74, 6) is -0.568. The van der Waals surface area contributed by atoms with Gasteiger partial charge in [0.1, 0.15) is 11.3 Å². The van der Waals surface area contributed by atoms with Crippen molar-refractivity contribution in [3.8, 4) is 5.75 Å². The number of fused-ring (bicyclic) bond motifs is 1. The van der Waals surface area contributed by atoms with Crippen molar-refractivity contribution < 1.29 is 9.90 Å². The second-order valence-electron chi connectivity index (χ2n) is 4.63. The summed E-state index contributed by atoms with van der Waals surface area (Å²) in [6.45, 7) is 0. The number of phenols is 1. The molecule has 0 aliphatic heterocycles. The third-order valence-electron chi connectivity index (χ3n) is 3.22. The molecule has 2 N–H and O–H groups in total. The van der Waals surface area contributed by atoms with Crippen LogP contribution in [0, 0.1) is 0 Å². The van der Waals surface area contributed by atoms with Gasteiger partial charge in [-0.2, -0.15) is 0 Å². The van der Waals surface area contributed by atoms with E-state index in [1.54, 1.807) is 18.2 Å². The van der Waals surface area contributed by atoms with Gasteiger partial charge in [-0.05, 0) is 23.6 Å². The Labute approximate surface area is 126 Å². The second-order valence-corrected chi connectivity index (χ2v) is 5.00. The second kappa shape index (κ2) is 5.46. The zero-order valence-corrected chi connectivity index (χ0v) is 11.8. The van der Waals surface area contributed by atoms with Gasteiger partial charge in [0, 0.05) is 11.1 Å². The van der Waals surface area contributed by atoms with Crippen LogP contribution in [0.1, 0.15) is 10.4 Å². The predicted octanol–water partition coefficient (Wildman–Crippen LogP) is 4.45. The number of halogens is 1. The van der Waals surface area contributed by atoms with Gasteiger partial charge in [0.2, 0.25) is 0 Å². The first kappa shape index (κ1) is 13.5. The Morgan fingerprint density at radius 2 is 1.67 bits per heavy atom. The molecule has 0 unspecified atom stereocenters. The quantitative estimate of drug-likeness (QED) is 0.734. The SMILES string of the molecule is O=C(Nc1ccccc1)c1c(O)cc2ccccc2c1Cl. The van der Waals surface area contributed by atoms with Crippen LogP contribution in [0.4, 0.5) is 5.69 Å². The molecular formula is C17H12ClNO2. The van der Waals surface area contributed by atoms with E-state index in [1.807, 2.05) is 42.5 Å². The molecule has 3 rings (SSSR count). The highest BCUT2D eigenvalue weighted by molar-refractivity contribution is 6.39. The van der Waals surface area contributed by atoms with E-state index >= 15 is 0 Å². The molecule has 104 valence electrons. The minimum Gasteiger partial charge on any atom is -0.507 e. The van der Waals surface area contributed by atoms with Crippen LogP contribution < -0.4 is 5.32 Å². The summed E-state index contributed by atoms with van der Waals surface area (Å²) in [6, 6.07) is 17.9. The maximum absolute atomic E-state index is 12.3. The number of hydrogen-bond acceptors (Lipinski definition) is 2. The minimum absolute atomic E-state index is 0.0826. The standard InChI is InChI=1S/C17H12ClNO2/c18-16-13-9-5-4-6-11(13)10-14(20)15(16)17(21)19-12-7-2-1-3-8-12/h1-10,20H,(H,19,21). The topological polar surface area (TPSA) is 49.3 Å². The van der Waals surface area contributed by atoms with E-state index in [9.17, 15) is 9.90 Å². The van der Waals surface area contributed by atoms with E-state index in [4.69, 9.17) is 11.6 Å². The van der Waals surface area contributed by atoms with E-state index < -0.39 is 5.91 Å². The summed E-state index contributed by atoms with van der Waals surface area (Å²) in [4.78, 5) is 12.3. The summed E-state index contributed by atoms with van der Waals surface area (Å²) in [5.41, 5.74) is 0.727. The molecule has 0 heterocycles. The molecule has 0 aliphatic carbocycles. The molecule has 3 aromatic carbocycles. The lowest BCUT2D eigenvalue weighted by Crippen LogP contribution is -2.12. The lowest BCUT2D eigenvalue weighted by Gasteiger charge is -2.11. The third-order valence-corrected chi connectivity index (χ3v) is 3.62. The highest BCUT2D eigenvalue weighted by Crippen LogP contribution is 2.34. The number of carbonyl (C=O) groups excluding carboxylic acids is 1. The number of aromatic hydroxyl groups is 1. The van der Waals surface area contributed by atoms with Crippen molar-refractivity contribution >= 4 is 34.0 Å². The number of anilines is 1. The summed E-state index contributed by atoms with van der Waals surface area (Å²) >= 11 is 6.29. The molecule has 0 spiro atoms. The highest BCUT2D eigenvalue weighted by Gasteiger charge is 2.18. The number of amides is 1. The van der Waals surface area contributed by atoms with Crippen molar-refractivity contribution in [3.05, 3.63) is 71.2 Å². The van der Waals surface area contributed by atoms with Gasteiger partial charge in [-0.1, -0.05) is 54.1 Å². The first-order chi connectivity index (χ1) is 10.2. The Hall–Kier alpha value is -2.52. The fourth-order valence-corrected chi connectivity index (χ4v) is 2.58. The van der Waals surface area contributed by atoms with E-state index in [0.29, 0.717) is 5.69 Å². The Kier molecular flexibility index (Phi) is 3.50. The minimum atomic E-state index is -0.436. The van der Waals surface area contributed by atoms with Crippen molar-refractivity contribution in [2.75, 3.05) is 5.32 Å². The van der Waals surface area contributed by atoms with Gasteiger partial charge < -0.3 is 10.4 Å². The highest BCUT2D eigenvalue weighted by atomic mass is 35.5. The van der Waals surface area contributed by atoms with Crippen molar-refractivity contribution in [2.24, 2.45) is 0 Å². The first-order valence-electron chi connectivity index (χ1n) is 6.43. The molecule has 0 saturated heterocycles. The summed E-state index contributed by atoms with van der Waals surface area (Å²) < 4.78 is 0. The van der Waals surface area contributed by atoms with E-state index in [0.717, 1.165) is 10.8 Å². The number of para-hydroxylation sites is 1. The Morgan fingerprint density at radius 3 is 2.43 bits per heavy atom. The molecule has 0 atom stereocenters. The van der Waals surface area contributed by atoms with Crippen molar-refractivity contribution in [1.29, 1.82) is 0 Å². The fourth-order valence-electron chi connectivity index (χ4n) is 2.22. The van der Waals surface area contributed by atoms with Crippen LogP contribution in [0.2, 0.25) is 5.02 Å². The first-order valence-corrected chi connectivity index (χ1v) is 6.81. The van der Waals surface area contributed by atoms with Gasteiger partial charge in [-0.15, -0.1) is 0 Å².